The molecule has 2 rings (SSSR count). The molecule has 0 amide bonds. The Morgan fingerprint density at radius 3 is 2.31 bits per heavy atom. The lowest BCUT2D eigenvalue weighted by atomic mass is 10.1. The van der Waals surface area contributed by atoms with E-state index in [1.807, 2.05) is 20.8 Å². The minimum Gasteiger partial charge on any atom is -0.439 e. The van der Waals surface area contributed by atoms with Crippen LogP contribution in [0, 0.1) is 27.7 Å². The molecule has 3 nitrogen and oxygen atoms in total. The van der Waals surface area contributed by atoms with Crippen molar-refractivity contribution in [3.8, 4) is 0 Å². The first-order valence-corrected chi connectivity index (χ1v) is 4.30. The van der Waals surface area contributed by atoms with Crippen LogP contribution in [-0.4, -0.2) is 9.97 Å². The van der Waals surface area contributed by atoms with Gasteiger partial charge in [0.1, 0.15) is 0 Å². The zero-order chi connectivity index (χ0) is 9.59. The molecule has 0 aliphatic rings. The second-order valence-corrected chi connectivity index (χ2v) is 3.33. The minimum absolute atomic E-state index is 0.676. The molecule has 0 aliphatic heterocycles. The minimum atomic E-state index is 0.676. The summed E-state index contributed by atoms with van der Waals surface area (Å²) in [6.07, 6.45) is 0. The first kappa shape index (κ1) is 8.23. The first-order valence-electron chi connectivity index (χ1n) is 4.30. The smallest absolute Gasteiger partial charge is 0.199 e. The third kappa shape index (κ3) is 1.11. The molecule has 3 heteroatoms. The molecule has 0 aliphatic carbocycles. The Bertz CT molecular complexity index is 471. The van der Waals surface area contributed by atoms with Gasteiger partial charge in [-0.3, -0.25) is 0 Å². The Balaban J connectivity index is 2.92. The number of rotatable bonds is 0. The molecule has 2 aromatic rings. The van der Waals surface area contributed by atoms with Gasteiger partial charge in [-0.15, -0.1) is 0 Å². The number of hydrogen-bond acceptors (Lipinski definition) is 3. The van der Waals surface area contributed by atoms with E-state index in [4.69, 9.17) is 4.42 Å². The lowest BCUT2D eigenvalue weighted by Gasteiger charge is -2.01. The average Bonchev–Trinajstić information content (AvgIpc) is 2.42. The fraction of sp³-hybridized carbons (Fsp3) is 0.400. The number of aromatic nitrogens is 2. The highest BCUT2D eigenvalue weighted by Gasteiger charge is 2.10. The van der Waals surface area contributed by atoms with Crippen LogP contribution in [0.2, 0.25) is 0 Å². The summed E-state index contributed by atoms with van der Waals surface area (Å²) in [5.41, 5.74) is 4.89. The second-order valence-electron chi connectivity index (χ2n) is 3.33. The van der Waals surface area contributed by atoms with Gasteiger partial charge in [-0.2, -0.15) is 4.98 Å². The second kappa shape index (κ2) is 2.55. The Labute approximate surface area is 76.8 Å². The Morgan fingerprint density at radius 1 is 0.923 bits per heavy atom. The molecule has 0 radical (unpaired) electrons. The maximum absolute atomic E-state index is 5.46. The van der Waals surface area contributed by atoms with Crippen molar-refractivity contribution in [3.05, 3.63) is 22.7 Å². The molecule has 0 saturated heterocycles. The van der Waals surface area contributed by atoms with Gasteiger partial charge in [-0.1, -0.05) is 0 Å². The number of oxazole rings is 1. The van der Waals surface area contributed by atoms with Crippen LogP contribution in [0.15, 0.2) is 4.42 Å². The fourth-order valence-electron chi connectivity index (χ4n) is 1.42. The van der Waals surface area contributed by atoms with Crippen molar-refractivity contribution in [2.45, 2.75) is 27.7 Å². The van der Waals surface area contributed by atoms with Gasteiger partial charge in [0.2, 0.25) is 0 Å². The van der Waals surface area contributed by atoms with E-state index in [-0.39, 0.29) is 0 Å². The summed E-state index contributed by atoms with van der Waals surface area (Å²) in [5, 5.41) is 0. The lowest BCUT2D eigenvalue weighted by molar-refractivity contribution is 0.558. The van der Waals surface area contributed by atoms with Crippen LogP contribution in [0.1, 0.15) is 22.7 Å². The summed E-state index contributed by atoms with van der Waals surface area (Å²) in [5.74, 6) is 0.676. The predicted molar refractivity (Wildman–Crippen MR) is 50.8 cm³/mol. The molecule has 2 aromatic heterocycles. The number of nitrogens with zero attached hydrogens (tertiary/aromatic N) is 2. The van der Waals surface area contributed by atoms with Crippen LogP contribution < -0.4 is 0 Å². The SMILES string of the molecule is Cc1nc2nc(C)c(C)c(C)c2o1. The maximum Gasteiger partial charge on any atom is 0.199 e. The highest BCUT2D eigenvalue weighted by molar-refractivity contribution is 5.73. The number of pyridine rings is 1. The van der Waals surface area contributed by atoms with Gasteiger partial charge in [0.25, 0.3) is 0 Å². The van der Waals surface area contributed by atoms with Gasteiger partial charge >= 0.3 is 0 Å². The topological polar surface area (TPSA) is 38.9 Å². The number of fused-ring (bicyclic) bond motifs is 1. The van der Waals surface area contributed by atoms with Crippen molar-refractivity contribution in [1.82, 2.24) is 9.97 Å². The van der Waals surface area contributed by atoms with Crippen molar-refractivity contribution in [1.29, 1.82) is 0 Å². The van der Waals surface area contributed by atoms with Gasteiger partial charge in [-0.05, 0) is 26.3 Å². The summed E-state index contributed by atoms with van der Waals surface area (Å²) in [6, 6.07) is 0. The van der Waals surface area contributed by atoms with E-state index in [1.165, 1.54) is 5.56 Å². The summed E-state index contributed by atoms with van der Waals surface area (Å²) in [7, 11) is 0. The van der Waals surface area contributed by atoms with E-state index in [2.05, 4.69) is 16.9 Å². The molecule has 0 aromatic carbocycles. The first-order chi connectivity index (χ1) is 6.09. The molecule has 2 heterocycles. The Hall–Kier alpha value is -1.38. The fourth-order valence-corrected chi connectivity index (χ4v) is 1.42. The summed E-state index contributed by atoms with van der Waals surface area (Å²) in [4.78, 5) is 8.55. The van der Waals surface area contributed by atoms with E-state index < -0.39 is 0 Å². The standard InChI is InChI=1S/C10H12N2O/c1-5-6(2)9-10(11-7(5)3)12-8(4)13-9/h1-4H3. The quantitative estimate of drug-likeness (QED) is 0.619. The van der Waals surface area contributed by atoms with E-state index in [0.717, 1.165) is 22.5 Å². The van der Waals surface area contributed by atoms with Crippen LogP contribution in [0.4, 0.5) is 0 Å². The molecule has 0 spiro atoms. The molecule has 0 N–H and O–H groups in total. The van der Waals surface area contributed by atoms with Crippen LogP contribution in [-0.2, 0) is 0 Å². The molecular formula is C10H12N2O. The number of hydrogen-bond donors (Lipinski definition) is 0. The third-order valence-electron chi connectivity index (χ3n) is 2.44. The van der Waals surface area contributed by atoms with E-state index in [0.29, 0.717) is 5.89 Å². The molecule has 0 saturated carbocycles. The van der Waals surface area contributed by atoms with Gasteiger partial charge in [-0.25, -0.2) is 4.98 Å². The van der Waals surface area contributed by atoms with Crippen LogP contribution in [0.5, 0.6) is 0 Å². The third-order valence-corrected chi connectivity index (χ3v) is 2.44. The molecule has 13 heavy (non-hydrogen) atoms. The lowest BCUT2D eigenvalue weighted by Crippen LogP contribution is -1.91. The molecule has 68 valence electrons. The van der Waals surface area contributed by atoms with Gasteiger partial charge in [0.15, 0.2) is 17.1 Å². The largest absolute Gasteiger partial charge is 0.439 e. The maximum atomic E-state index is 5.46. The van der Waals surface area contributed by atoms with Crippen LogP contribution >= 0.6 is 0 Å². The number of aryl methyl sites for hydroxylation is 3. The predicted octanol–water partition coefficient (Wildman–Crippen LogP) is 2.46. The van der Waals surface area contributed by atoms with E-state index >= 15 is 0 Å². The van der Waals surface area contributed by atoms with Gasteiger partial charge in [0.05, 0.1) is 0 Å². The monoisotopic (exact) mass is 176 g/mol. The van der Waals surface area contributed by atoms with Crippen molar-refractivity contribution in [2.75, 3.05) is 0 Å². The molecule has 0 bridgehead atoms. The summed E-state index contributed by atoms with van der Waals surface area (Å²) in [6.45, 7) is 7.92. The van der Waals surface area contributed by atoms with Crippen LogP contribution in [0.25, 0.3) is 11.2 Å². The zero-order valence-corrected chi connectivity index (χ0v) is 8.30. The van der Waals surface area contributed by atoms with Gasteiger partial charge in [0, 0.05) is 18.2 Å². The molecule has 0 fully saturated rings. The highest BCUT2D eigenvalue weighted by Crippen LogP contribution is 2.22. The molecular weight excluding hydrogens is 164 g/mol. The Morgan fingerprint density at radius 2 is 1.62 bits per heavy atom. The highest BCUT2D eigenvalue weighted by atomic mass is 16.3. The van der Waals surface area contributed by atoms with Crippen LogP contribution in [0.3, 0.4) is 0 Å². The van der Waals surface area contributed by atoms with Crippen molar-refractivity contribution in [2.24, 2.45) is 0 Å². The van der Waals surface area contributed by atoms with Crippen molar-refractivity contribution >= 4 is 11.2 Å². The normalized spacial score (nSPS) is 11.1. The summed E-state index contributed by atoms with van der Waals surface area (Å²) >= 11 is 0. The summed E-state index contributed by atoms with van der Waals surface area (Å²) < 4.78 is 5.46. The van der Waals surface area contributed by atoms with Crippen molar-refractivity contribution < 1.29 is 4.42 Å². The average molecular weight is 176 g/mol. The van der Waals surface area contributed by atoms with Crippen molar-refractivity contribution in [3.63, 3.8) is 0 Å². The van der Waals surface area contributed by atoms with E-state index in [9.17, 15) is 0 Å². The Kier molecular flexibility index (Phi) is 1.62. The zero-order valence-electron chi connectivity index (χ0n) is 8.30. The molecule has 0 unspecified atom stereocenters. The molecule has 0 atom stereocenters. The van der Waals surface area contributed by atoms with Gasteiger partial charge < -0.3 is 4.42 Å². The van der Waals surface area contributed by atoms with E-state index in [1.54, 1.807) is 0 Å².